The predicted octanol–water partition coefficient (Wildman–Crippen LogP) is 5.11. The maximum atomic E-state index is 13.7. The molecule has 0 bridgehead atoms. The second-order valence-electron chi connectivity index (χ2n) is 12.0. The standard InChI is InChI=1S/C35H46N4O5/c1-25-21-39(26(2)24-40)35(42)31-20-28(36-34(41)12-9-19-37(3)4)15-18-32(31)44-33(25)23-38(5)22-27-13-16-30(17-14-27)43-29-10-7-6-8-11-29/h6-8,10-11,13-18,20,25-26,33,40H,9,12,19,21-24H2,1-5H3,(H,36,41)/t25-,26+,33-/m1/s1. The quantitative estimate of drug-likeness (QED) is 0.281. The smallest absolute Gasteiger partial charge is 0.258 e. The molecule has 0 saturated carbocycles. The molecule has 3 atom stereocenters. The lowest BCUT2D eigenvalue weighted by Gasteiger charge is -2.38. The largest absolute Gasteiger partial charge is 0.488 e. The van der Waals surface area contributed by atoms with Gasteiger partial charge >= 0.3 is 0 Å². The minimum atomic E-state index is -0.366. The molecule has 3 aromatic rings. The molecule has 2 N–H and O–H groups in total. The van der Waals surface area contributed by atoms with E-state index in [2.05, 4.69) is 36.3 Å². The average Bonchev–Trinajstić information content (AvgIpc) is 3.00. The summed E-state index contributed by atoms with van der Waals surface area (Å²) in [6.07, 6.45) is 0.918. The second-order valence-corrected chi connectivity index (χ2v) is 12.0. The van der Waals surface area contributed by atoms with Crippen molar-refractivity contribution in [3.8, 4) is 17.2 Å². The van der Waals surface area contributed by atoms with E-state index < -0.39 is 0 Å². The number of benzene rings is 3. The number of carbonyl (C=O) groups is 2. The van der Waals surface area contributed by atoms with E-state index in [0.29, 0.717) is 43.1 Å². The number of likely N-dealkylation sites (N-methyl/N-ethyl adjacent to an activating group) is 1. The lowest BCUT2D eigenvalue weighted by atomic mass is 9.99. The molecule has 1 aliphatic rings. The number of hydrogen-bond donors (Lipinski definition) is 2. The van der Waals surface area contributed by atoms with Crippen LogP contribution in [0, 0.1) is 5.92 Å². The summed E-state index contributed by atoms with van der Waals surface area (Å²) < 4.78 is 12.5. The van der Waals surface area contributed by atoms with Gasteiger partial charge in [0.15, 0.2) is 0 Å². The molecule has 0 aromatic heterocycles. The van der Waals surface area contributed by atoms with Crippen molar-refractivity contribution >= 4 is 17.5 Å². The third-order valence-corrected chi connectivity index (χ3v) is 7.80. The number of nitrogens with zero attached hydrogens (tertiary/aromatic N) is 3. The first-order valence-corrected chi connectivity index (χ1v) is 15.3. The zero-order valence-corrected chi connectivity index (χ0v) is 26.5. The Morgan fingerprint density at radius 1 is 1.07 bits per heavy atom. The number of hydrogen-bond acceptors (Lipinski definition) is 7. The van der Waals surface area contributed by atoms with Gasteiger partial charge in [-0.3, -0.25) is 14.5 Å². The number of carbonyl (C=O) groups excluding carboxylic acids is 2. The molecule has 1 heterocycles. The first-order chi connectivity index (χ1) is 21.1. The molecule has 0 radical (unpaired) electrons. The summed E-state index contributed by atoms with van der Waals surface area (Å²) in [5, 5.41) is 12.9. The van der Waals surface area contributed by atoms with E-state index in [-0.39, 0.29) is 36.5 Å². The number of para-hydroxylation sites is 1. The fourth-order valence-corrected chi connectivity index (χ4v) is 5.27. The van der Waals surface area contributed by atoms with Crippen LogP contribution in [0.5, 0.6) is 17.2 Å². The molecule has 1 aliphatic heterocycles. The third kappa shape index (κ3) is 9.29. The van der Waals surface area contributed by atoms with Crippen molar-refractivity contribution in [1.29, 1.82) is 0 Å². The van der Waals surface area contributed by atoms with Crippen LogP contribution < -0.4 is 14.8 Å². The maximum Gasteiger partial charge on any atom is 0.258 e. The summed E-state index contributed by atoms with van der Waals surface area (Å²) in [6.45, 7) is 6.36. The highest BCUT2D eigenvalue weighted by atomic mass is 16.5. The number of anilines is 1. The normalized spacial score (nSPS) is 17.5. The van der Waals surface area contributed by atoms with Crippen LogP contribution in [0.15, 0.2) is 72.8 Å². The number of aliphatic hydroxyl groups is 1. The Morgan fingerprint density at radius 3 is 2.45 bits per heavy atom. The molecule has 0 unspecified atom stereocenters. The minimum Gasteiger partial charge on any atom is -0.488 e. The zero-order valence-electron chi connectivity index (χ0n) is 26.5. The maximum absolute atomic E-state index is 13.7. The van der Waals surface area contributed by atoms with E-state index >= 15 is 0 Å². The highest BCUT2D eigenvalue weighted by molar-refractivity contribution is 5.99. The van der Waals surface area contributed by atoms with Crippen molar-refractivity contribution < 1.29 is 24.2 Å². The molecule has 9 nitrogen and oxygen atoms in total. The lowest BCUT2D eigenvalue weighted by molar-refractivity contribution is -0.116. The van der Waals surface area contributed by atoms with E-state index in [4.69, 9.17) is 9.47 Å². The number of nitrogens with one attached hydrogen (secondary N) is 1. The van der Waals surface area contributed by atoms with Gasteiger partial charge in [-0.15, -0.1) is 0 Å². The molecule has 0 aliphatic carbocycles. The van der Waals surface area contributed by atoms with Gasteiger partial charge in [-0.2, -0.15) is 0 Å². The summed E-state index contributed by atoms with van der Waals surface area (Å²) in [4.78, 5) is 32.2. The molecule has 4 rings (SSSR count). The van der Waals surface area contributed by atoms with Gasteiger partial charge in [-0.25, -0.2) is 0 Å². The number of fused-ring (bicyclic) bond motifs is 1. The number of aliphatic hydroxyl groups excluding tert-OH is 1. The molecular weight excluding hydrogens is 556 g/mol. The molecule has 0 saturated heterocycles. The van der Waals surface area contributed by atoms with Crippen molar-refractivity contribution in [3.63, 3.8) is 0 Å². The predicted molar refractivity (Wildman–Crippen MR) is 173 cm³/mol. The fraction of sp³-hybridized carbons (Fsp3) is 0.429. The van der Waals surface area contributed by atoms with Crippen LogP contribution in [-0.2, 0) is 11.3 Å². The summed E-state index contributed by atoms with van der Waals surface area (Å²) in [5.74, 6) is 1.74. The fourth-order valence-electron chi connectivity index (χ4n) is 5.27. The summed E-state index contributed by atoms with van der Waals surface area (Å²) in [7, 11) is 6.00. The van der Waals surface area contributed by atoms with Crippen molar-refractivity contribution in [1.82, 2.24) is 14.7 Å². The van der Waals surface area contributed by atoms with Crippen LogP contribution in [0.1, 0.15) is 42.6 Å². The van der Waals surface area contributed by atoms with Gasteiger partial charge in [-0.1, -0.05) is 37.3 Å². The van der Waals surface area contributed by atoms with Gasteiger partial charge < -0.3 is 29.7 Å². The van der Waals surface area contributed by atoms with E-state index in [0.717, 1.165) is 30.0 Å². The Morgan fingerprint density at radius 2 is 1.77 bits per heavy atom. The van der Waals surface area contributed by atoms with E-state index in [9.17, 15) is 14.7 Å². The third-order valence-electron chi connectivity index (χ3n) is 7.80. The van der Waals surface area contributed by atoms with E-state index in [1.165, 1.54) is 0 Å². The van der Waals surface area contributed by atoms with Crippen molar-refractivity contribution in [2.75, 3.05) is 52.7 Å². The highest BCUT2D eigenvalue weighted by Crippen LogP contribution is 2.31. The van der Waals surface area contributed by atoms with Crippen LogP contribution in [0.25, 0.3) is 0 Å². The number of amides is 2. The van der Waals surface area contributed by atoms with Crippen LogP contribution >= 0.6 is 0 Å². The Bertz CT molecular complexity index is 1370. The average molecular weight is 603 g/mol. The number of ether oxygens (including phenoxy) is 2. The monoisotopic (exact) mass is 602 g/mol. The summed E-state index contributed by atoms with van der Waals surface area (Å²) in [6, 6.07) is 22.6. The van der Waals surface area contributed by atoms with Gasteiger partial charge in [0.25, 0.3) is 5.91 Å². The summed E-state index contributed by atoms with van der Waals surface area (Å²) >= 11 is 0. The molecular formula is C35H46N4O5. The van der Waals surface area contributed by atoms with Crippen LogP contribution in [0.4, 0.5) is 5.69 Å². The van der Waals surface area contributed by atoms with Crippen LogP contribution in [-0.4, -0.2) is 91.2 Å². The number of rotatable bonds is 13. The van der Waals surface area contributed by atoms with E-state index in [1.807, 2.05) is 68.4 Å². The van der Waals surface area contributed by atoms with Gasteiger partial charge in [0, 0.05) is 37.7 Å². The zero-order chi connectivity index (χ0) is 31.6. The Hall–Kier alpha value is -3.92. The topological polar surface area (TPSA) is 94.6 Å². The Balaban J connectivity index is 1.46. The molecule has 236 valence electrons. The lowest BCUT2D eigenvalue weighted by Crippen LogP contribution is -2.49. The molecule has 0 spiro atoms. The van der Waals surface area contributed by atoms with Crippen molar-refractivity contribution in [3.05, 3.63) is 83.9 Å². The second kappa shape index (κ2) is 15.7. The summed E-state index contributed by atoms with van der Waals surface area (Å²) in [5.41, 5.74) is 2.07. The van der Waals surface area contributed by atoms with Gasteiger partial charge in [-0.05, 0) is 89.1 Å². The van der Waals surface area contributed by atoms with E-state index in [1.54, 1.807) is 23.1 Å². The van der Waals surface area contributed by atoms with Gasteiger partial charge in [0.1, 0.15) is 23.4 Å². The minimum absolute atomic E-state index is 0.00118. The molecule has 0 fully saturated rings. The first kappa shape index (κ1) is 33.0. The van der Waals surface area contributed by atoms with Gasteiger partial charge in [0.05, 0.1) is 18.2 Å². The SMILES string of the molecule is C[C@@H]1CN([C@@H](C)CO)C(=O)c2cc(NC(=O)CCCN(C)C)ccc2O[C@@H]1CN(C)Cc1ccc(Oc2ccccc2)cc1. The highest BCUT2D eigenvalue weighted by Gasteiger charge is 2.33. The molecule has 44 heavy (non-hydrogen) atoms. The van der Waals surface area contributed by atoms with Crippen LogP contribution in [0.3, 0.4) is 0 Å². The Labute approximate surface area is 261 Å². The van der Waals surface area contributed by atoms with Crippen molar-refractivity contribution in [2.45, 2.75) is 45.4 Å². The molecule has 2 amide bonds. The van der Waals surface area contributed by atoms with Crippen molar-refractivity contribution in [2.24, 2.45) is 5.92 Å². The first-order valence-electron chi connectivity index (χ1n) is 15.3. The van der Waals surface area contributed by atoms with Crippen LogP contribution in [0.2, 0.25) is 0 Å². The van der Waals surface area contributed by atoms with Gasteiger partial charge in [0.2, 0.25) is 5.91 Å². The molecule has 3 aromatic carbocycles. The molecule has 9 heteroatoms. The Kier molecular flexibility index (Phi) is 11.8.